The maximum Gasteiger partial charge on any atom is 0.276 e. The number of carbonyl (C=O) groups is 3. The van der Waals surface area contributed by atoms with Crippen LogP contribution in [0.1, 0.15) is 41.3 Å². The first-order valence-corrected chi connectivity index (χ1v) is 9.43. The van der Waals surface area contributed by atoms with Crippen molar-refractivity contribution < 1.29 is 23.9 Å². The van der Waals surface area contributed by atoms with Crippen molar-refractivity contribution in [3.05, 3.63) is 59.2 Å². The molecule has 0 atom stereocenters. The van der Waals surface area contributed by atoms with Crippen LogP contribution in [0.25, 0.3) is 0 Å². The van der Waals surface area contributed by atoms with E-state index in [-0.39, 0.29) is 25.2 Å². The molecule has 0 radical (unpaired) electrons. The van der Waals surface area contributed by atoms with Crippen LogP contribution in [0, 0.1) is 13.8 Å². The van der Waals surface area contributed by atoms with Crippen LogP contribution in [0.3, 0.4) is 0 Å². The van der Waals surface area contributed by atoms with Gasteiger partial charge >= 0.3 is 0 Å². The predicted molar refractivity (Wildman–Crippen MR) is 109 cm³/mol. The fraction of sp³-hybridized carbons (Fsp3) is 0.318. The van der Waals surface area contributed by atoms with E-state index in [2.05, 4.69) is 10.9 Å². The zero-order chi connectivity index (χ0) is 21.2. The highest BCUT2D eigenvalue weighted by Gasteiger charge is 2.11. The van der Waals surface area contributed by atoms with Gasteiger partial charge in [-0.15, -0.1) is 0 Å². The van der Waals surface area contributed by atoms with E-state index in [0.717, 1.165) is 11.1 Å². The highest BCUT2D eigenvalue weighted by molar-refractivity contribution is 5.98. The van der Waals surface area contributed by atoms with Crippen LogP contribution >= 0.6 is 0 Å². The fourth-order valence-corrected chi connectivity index (χ4v) is 2.68. The van der Waals surface area contributed by atoms with Gasteiger partial charge < -0.3 is 9.47 Å². The first kappa shape index (κ1) is 21.9. The van der Waals surface area contributed by atoms with Crippen LogP contribution in [0.4, 0.5) is 0 Å². The zero-order valence-corrected chi connectivity index (χ0v) is 16.9. The second kappa shape index (κ2) is 10.8. The normalized spacial score (nSPS) is 10.2. The number of benzene rings is 2. The van der Waals surface area contributed by atoms with Crippen molar-refractivity contribution in [3.8, 4) is 11.5 Å². The fourth-order valence-electron chi connectivity index (χ4n) is 2.68. The van der Waals surface area contributed by atoms with Gasteiger partial charge in [0.05, 0.1) is 6.61 Å². The summed E-state index contributed by atoms with van der Waals surface area (Å²) in [6, 6.07) is 12.5. The lowest BCUT2D eigenvalue weighted by Gasteiger charge is -2.12. The minimum absolute atomic E-state index is 0.0363. The molecule has 7 nitrogen and oxygen atoms in total. The van der Waals surface area contributed by atoms with Gasteiger partial charge in [0.15, 0.2) is 12.4 Å². The Morgan fingerprint density at radius 2 is 1.45 bits per heavy atom. The molecule has 2 aromatic carbocycles. The molecular weight excluding hydrogens is 372 g/mol. The lowest BCUT2D eigenvalue weighted by Crippen LogP contribution is -2.43. The smallest absolute Gasteiger partial charge is 0.276 e. The van der Waals surface area contributed by atoms with Gasteiger partial charge in [-0.25, -0.2) is 0 Å². The molecule has 0 aromatic heterocycles. The van der Waals surface area contributed by atoms with Gasteiger partial charge in [-0.3, -0.25) is 25.2 Å². The Hall–Kier alpha value is -3.35. The number of nitrogens with one attached hydrogen (secondary N) is 2. The van der Waals surface area contributed by atoms with Crippen LogP contribution in [0.15, 0.2) is 42.5 Å². The number of Topliss-reactive ketones (excluding diaryl/α,β-unsaturated/α-hetero) is 1. The third-order valence-electron chi connectivity index (χ3n) is 4.16. The summed E-state index contributed by atoms with van der Waals surface area (Å²) in [6.07, 6.45) is -0.00132. The zero-order valence-electron chi connectivity index (χ0n) is 16.9. The van der Waals surface area contributed by atoms with Crippen LogP contribution < -0.4 is 20.3 Å². The first-order valence-electron chi connectivity index (χ1n) is 9.43. The molecule has 0 spiro atoms. The molecule has 0 saturated carbocycles. The minimum atomic E-state index is -0.487. The van der Waals surface area contributed by atoms with Crippen molar-refractivity contribution in [2.45, 2.75) is 33.6 Å². The van der Waals surface area contributed by atoms with E-state index in [4.69, 9.17) is 9.47 Å². The van der Waals surface area contributed by atoms with Gasteiger partial charge in [-0.1, -0.05) is 18.2 Å². The lowest BCUT2D eigenvalue weighted by molar-refractivity contribution is -0.130. The average molecular weight is 398 g/mol. The third kappa shape index (κ3) is 6.95. The molecule has 0 aliphatic heterocycles. The van der Waals surface area contributed by atoms with Crippen molar-refractivity contribution in [2.24, 2.45) is 0 Å². The number of hydrazine groups is 1. The summed E-state index contributed by atoms with van der Waals surface area (Å²) < 4.78 is 10.8. The molecule has 0 bridgehead atoms. The topological polar surface area (TPSA) is 93.7 Å². The molecule has 0 heterocycles. The highest BCUT2D eigenvalue weighted by atomic mass is 16.5. The predicted octanol–water partition coefficient (Wildman–Crippen LogP) is 2.89. The Labute approximate surface area is 170 Å². The number of aryl methyl sites for hydroxylation is 2. The van der Waals surface area contributed by atoms with Gasteiger partial charge in [-0.05, 0) is 56.2 Å². The van der Waals surface area contributed by atoms with Gasteiger partial charge in [0.25, 0.3) is 5.91 Å². The summed E-state index contributed by atoms with van der Waals surface area (Å²) in [6.45, 7) is 5.99. The Morgan fingerprint density at radius 1 is 0.828 bits per heavy atom. The summed E-state index contributed by atoms with van der Waals surface area (Å²) in [4.78, 5) is 35.9. The van der Waals surface area contributed by atoms with E-state index in [1.165, 1.54) is 0 Å². The Morgan fingerprint density at radius 3 is 2.07 bits per heavy atom. The minimum Gasteiger partial charge on any atom is -0.494 e. The number of hydrogen-bond donors (Lipinski definition) is 2. The molecule has 154 valence electrons. The van der Waals surface area contributed by atoms with E-state index >= 15 is 0 Å². The monoisotopic (exact) mass is 398 g/mol. The second-order valence-corrected chi connectivity index (χ2v) is 6.49. The SMILES string of the molecule is CCOc1ccc(C(=O)CCC(=O)NNC(=O)COc2c(C)cccc2C)cc1. The molecule has 0 saturated heterocycles. The number of para-hydroxylation sites is 1. The van der Waals surface area contributed by atoms with Crippen LogP contribution in [-0.4, -0.2) is 30.8 Å². The van der Waals surface area contributed by atoms with E-state index in [9.17, 15) is 14.4 Å². The van der Waals surface area contributed by atoms with Gasteiger partial charge in [0.1, 0.15) is 11.5 Å². The average Bonchev–Trinajstić information content (AvgIpc) is 2.71. The van der Waals surface area contributed by atoms with E-state index in [1.54, 1.807) is 24.3 Å². The molecular formula is C22H26N2O5. The molecule has 7 heteroatoms. The largest absolute Gasteiger partial charge is 0.494 e. The highest BCUT2D eigenvalue weighted by Crippen LogP contribution is 2.22. The lowest BCUT2D eigenvalue weighted by atomic mass is 10.1. The molecule has 2 amide bonds. The van der Waals surface area contributed by atoms with Gasteiger partial charge in [0, 0.05) is 18.4 Å². The van der Waals surface area contributed by atoms with Crippen molar-refractivity contribution in [1.82, 2.24) is 10.9 Å². The maximum absolute atomic E-state index is 12.2. The van der Waals surface area contributed by atoms with Crippen molar-refractivity contribution in [3.63, 3.8) is 0 Å². The number of rotatable bonds is 9. The Bertz CT molecular complexity index is 842. The van der Waals surface area contributed by atoms with E-state index < -0.39 is 11.8 Å². The number of hydrogen-bond acceptors (Lipinski definition) is 5. The summed E-state index contributed by atoms with van der Waals surface area (Å²) in [5.41, 5.74) is 6.93. The molecule has 29 heavy (non-hydrogen) atoms. The Kier molecular flexibility index (Phi) is 8.21. The molecule has 0 aliphatic carbocycles. The first-order chi connectivity index (χ1) is 13.9. The second-order valence-electron chi connectivity index (χ2n) is 6.49. The molecule has 0 fully saturated rings. The molecule has 2 rings (SSSR count). The summed E-state index contributed by atoms with van der Waals surface area (Å²) in [7, 11) is 0. The van der Waals surface area contributed by atoms with Crippen LogP contribution in [0.2, 0.25) is 0 Å². The van der Waals surface area contributed by atoms with Crippen LogP contribution in [0.5, 0.6) is 11.5 Å². The quantitative estimate of drug-likeness (QED) is 0.500. The van der Waals surface area contributed by atoms with Crippen LogP contribution in [-0.2, 0) is 9.59 Å². The molecule has 2 N–H and O–H groups in total. The number of ether oxygens (including phenoxy) is 2. The van der Waals surface area contributed by atoms with E-state index in [1.807, 2.05) is 39.0 Å². The van der Waals surface area contributed by atoms with Crippen molar-refractivity contribution in [2.75, 3.05) is 13.2 Å². The standard InChI is InChI=1S/C22H26N2O5/c1-4-28-18-10-8-17(9-11-18)19(25)12-13-20(26)23-24-21(27)14-29-22-15(2)6-5-7-16(22)3/h5-11H,4,12-14H2,1-3H3,(H,23,26)(H,24,27). The van der Waals surface area contributed by atoms with Crippen molar-refractivity contribution >= 4 is 17.6 Å². The van der Waals surface area contributed by atoms with Gasteiger partial charge in [0.2, 0.25) is 5.91 Å². The third-order valence-corrected chi connectivity index (χ3v) is 4.16. The number of amides is 2. The summed E-state index contributed by atoms with van der Waals surface area (Å²) in [5.74, 6) is 0.235. The summed E-state index contributed by atoms with van der Waals surface area (Å²) in [5, 5.41) is 0. The number of ketones is 1. The van der Waals surface area contributed by atoms with E-state index in [0.29, 0.717) is 23.7 Å². The molecule has 2 aromatic rings. The number of carbonyl (C=O) groups excluding carboxylic acids is 3. The van der Waals surface area contributed by atoms with Gasteiger partial charge in [-0.2, -0.15) is 0 Å². The van der Waals surface area contributed by atoms with Crippen molar-refractivity contribution in [1.29, 1.82) is 0 Å². The maximum atomic E-state index is 12.2. The molecule has 0 aliphatic rings. The Balaban J connectivity index is 1.71. The molecule has 0 unspecified atom stereocenters. The summed E-state index contributed by atoms with van der Waals surface area (Å²) >= 11 is 0.